The van der Waals surface area contributed by atoms with Crippen LogP contribution < -0.4 is 14.8 Å². The van der Waals surface area contributed by atoms with E-state index in [1.807, 2.05) is 49.0 Å². The van der Waals surface area contributed by atoms with Crippen molar-refractivity contribution in [3.63, 3.8) is 0 Å². The summed E-state index contributed by atoms with van der Waals surface area (Å²) in [5.41, 5.74) is 1.88. The molecule has 0 radical (unpaired) electrons. The van der Waals surface area contributed by atoms with Gasteiger partial charge in [-0.2, -0.15) is 0 Å². The number of anilines is 1. The summed E-state index contributed by atoms with van der Waals surface area (Å²) in [5, 5.41) is 4.00. The Morgan fingerprint density at radius 3 is 2.35 bits per heavy atom. The van der Waals surface area contributed by atoms with Crippen molar-refractivity contribution >= 4 is 17.4 Å². The second-order valence-electron chi connectivity index (χ2n) is 5.91. The number of ether oxygens (including phenoxy) is 2. The third kappa shape index (κ3) is 3.60. The monoisotopic (exact) mass is 372 g/mol. The van der Waals surface area contributed by atoms with E-state index in [1.165, 1.54) is 0 Å². The van der Waals surface area contributed by atoms with E-state index in [-0.39, 0.29) is 6.04 Å². The molecule has 0 amide bonds. The first-order valence-corrected chi connectivity index (χ1v) is 8.49. The van der Waals surface area contributed by atoms with Gasteiger partial charge in [0, 0.05) is 31.7 Å². The number of methoxy groups -OCH3 is 2. The lowest BCUT2D eigenvalue weighted by atomic mass is 10.0. The zero-order valence-corrected chi connectivity index (χ0v) is 15.9. The number of halogens is 1. The smallest absolute Gasteiger partial charge is 0.145 e. The quantitative estimate of drug-likeness (QED) is 0.708. The third-order valence-electron chi connectivity index (χ3n) is 4.19. The van der Waals surface area contributed by atoms with Crippen molar-refractivity contribution in [2.24, 2.45) is 7.05 Å². The van der Waals surface area contributed by atoms with Gasteiger partial charge in [-0.15, -0.1) is 0 Å². The normalized spacial score (nSPS) is 11.9. The molecule has 2 aromatic heterocycles. The van der Waals surface area contributed by atoms with Gasteiger partial charge in [0.05, 0.1) is 19.2 Å². The zero-order chi connectivity index (χ0) is 18.7. The predicted molar refractivity (Wildman–Crippen MR) is 102 cm³/mol. The molecule has 0 bridgehead atoms. The van der Waals surface area contributed by atoms with E-state index in [2.05, 4.69) is 15.3 Å². The van der Waals surface area contributed by atoms with Gasteiger partial charge in [0.25, 0.3) is 0 Å². The topological polar surface area (TPSA) is 61.2 Å². The number of hydrogen-bond acceptors (Lipinski definition) is 5. The van der Waals surface area contributed by atoms with Crippen LogP contribution in [0.1, 0.15) is 23.0 Å². The summed E-state index contributed by atoms with van der Waals surface area (Å²) in [6.45, 7) is 1.94. The van der Waals surface area contributed by atoms with E-state index >= 15 is 0 Å². The van der Waals surface area contributed by atoms with Gasteiger partial charge in [0.15, 0.2) is 0 Å². The minimum Gasteiger partial charge on any atom is -0.497 e. The summed E-state index contributed by atoms with van der Waals surface area (Å²) in [6.07, 6.45) is 5.38. The van der Waals surface area contributed by atoms with Gasteiger partial charge in [-0.3, -0.25) is 0 Å². The van der Waals surface area contributed by atoms with Gasteiger partial charge in [-0.1, -0.05) is 11.6 Å². The van der Waals surface area contributed by atoms with E-state index in [0.29, 0.717) is 22.3 Å². The second kappa shape index (κ2) is 7.66. The Morgan fingerprint density at radius 2 is 1.77 bits per heavy atom. The number of hydrogen-bond donors (Lipinski definition) is 1. The van der Waals surface area contributed by atoms with E-state index in [0.717, 1.165) is 17.0 Å². The average Bonchev–Trinajstić information content (AvgIpc) is 3.08. The first kappa shape index (κ1) is 18.1. The van der Waals surface area contributed by atoms with Crippen LogP contribution in [-0.4, -0.2) is 28.8 Å². The van der Waals surface area contributed by atoms with Crippen LogP contribution in [0.25, 0.3) is 0 Å². The number of aryl methyl sites for hydroxylation is 2. The SMILES string of the molecule is COc1cc(OC)cc(C(Nc2nccc(C)c2Cl)c2nccn2C)c1. The minimum atomic E-state index is -0.286. The fraction of sp³-hybridized carbons (Fsp3) is 0.263. The molecule has 0 aliphatic rings. The maximum absolute atomic E-state index is 6.44. The number of rotatable bonds is 6. The third-order valence-corrected chi connectivity index (χ3v) is 4.66. The number of pyridine rings is 1. The van der Waals surface area contributed by atoms with Crippen LogP contribution in [0.15, 0.2) is 42.9 Å². The van der Waals surface area contributed by atoms with Crippen molar-refractivity contribution in [2.45, 2.75) is 13.0 Å². The van der Waals surface area contributed by atoms with Crippen LogP contribution in [0.3, 0.4) is 0 Å². The lowest BCUT2D eigenvalue weighted by Gasteiger charge is -2.22. The molecule has 26 heavy (non-hydrogen) atoms. The highest BCUT2D eigenvalue weighted by atomic mass is 35.5. The van der Waals surface area contributed by atoms with Gasteiger partial charge in [0.1, 0.15) is 29.2 Å². The average molecular weight is 373 g/mol. The van der Waals surface area contributed by atoms with Gasteiger partial charge in [-0.05, 0) is 36.2 Å². The standard InChI is InChI=1S/C19H21ClN4O2/c1-12-5-6-21-18(16(12)20)23-17(19-22-7-8-24(19)2)13-9-14(25-3)11-15(10-13)26-4/h5-11,17H,1-4H3,(H,21,23). The molecule has 0 aliphatic carbocycles. The number of benzene rings is 1. The largest absolute Gasteiger partial charge is 0.497 e. The van der Waals surface area contributed by atoms with Crippen molar-refractivity contribution in [1.82, 2.24) is 14.5 Å². The summed E-state index contributed by atoms with van der Waals surface area (Å²) in [5.74, 6) is 2.81. The van der Waals surface area contributed by atoms with Crippen LogP contribution in [0, 0.1) is 6.92 Å². The molecule has 1 N–H and O–H groups in total. The van der Waals surface area contributed by atoms with Crippen LogP contribution in [0.4, 0.5) is 5.82 Å². The van der Waals surface area contributed by atoms with Gasteiger partial charge >= 0.3 is 0 Å². The van der Waals surface area contributed by atoms with Crippen LogP contribution in [-0.2, 0) is 7.05 Å². The molecule has 0 saturated heterocycles. The Labute approximate surface area is 157 Å². The predicted octanol–water partition coefficient (Wildman–Crippen LogP) is 4.00. The van der Waals surface area contributed by atoms with Crippen molar-refractivity contribution in [2.75, 3.05) is 19.5 Å². The zero-order valence-electron chi connectivity index (χ0n) is 15.2. The van der Waals surface area contributed by atoms with Crippen molar-refractivity contribution in [3.8, 4) is 11.5 Å². The molecule has 0 fully saturated rings. The summed E-state index contributed by atoms with van der Waals surface area (Å²) < 4.78 is 12.8. The first-order valence-electron chi connectivity index (χ1n) is 8.11. The molecule has 7 heteroatoms. The lowest BCUT2D eigenvalue weighted by molar-refractivity contribution is 0.393. The fourth-order valence-electron chi connectivity index (χ4n) is 2.73. The molecule has 0 aliphatic heterocycles. The van der Waals surface area contributed by atoms with Crippen LogP contribution in [0.2, 0.25) is 5.02 Å². The van der Waals surface area contributed by atoms with Crippen molar-refractivity contribution in [3.05, 3.63) is 64.8 Å². The number of nitrogens with zero attached hydrogens (tertiary/aromatic N) is 3. The number of imidazole rings is 1. The lowest BCUT2D eigenvalue weighted by Crippen LogP contribution is -2.18. The van der Waals surface area contributed by atoms with Crippen molar-refractivity contribution in [1.29, 1.82) is 0 Å². The second-order valence-corrected chi connectivity index (χ2v) is 6.29. The molecule has 3 aromatic rings. The molecule has 1 aromatic carbocycles. The Morgan fingerprint density at radius 1 is 1.08 bits per heavy atom. The van der Waals surface area contributed by atoms with Crippen LogP contribution >= 0.6 is 11.6 Å². The summed E-state index contributed by atoms with van der Waals surface area (Å²) >= 11 is 6.44. The molecular formula is C19H21ClN4O2. The first-order chi connectivity index (χ1) is 12.5. The highest BCUT2D eigenvalue weighted by molar-refractivity contribution is 6.33. The number of nitrogens with one attached hydrogen (secondary N) is 1. The Balaban J connectivity index is 2.10. The Bertz CT molecular complexity index is 888. The van der Waals surface area contributed by atoms with E-state index in [1.54, 1.807) is 26.6 Å². The van der Waals surface area contributed by atoms with E-state index in [4.69, 9.17) is 21.1 Å². The van der Waals surface area contributed by atoms with Gasteiger partial charge in [0.2, 0.25) is 0 Å². The molecular weight excluding hydrogens is 352 g/mol. The molecule has 136 valence electrons. The van der Waals surface area contributed by atoms with E-state index in [9.17, 15) is 0 Å². The molecule has 0 saturated carbocycles. The summed E-state index contributed by atoms with van der Waals surface area (Å²) in [7, 11) is 5.20. The summed E-state index contributed by atoms with van der Waals surface area (Å²) in [6, 6.07) is 7.30. The highest BCUT2D eigenvalue weighted by Crippen LogP contribution is 2.33. The molecule has 6 nitrogen and oxygen atoms in total. The summed E-state index contributed by atoms with van der Waals surface area (Å²) in [4.78, 5) is 8.89. The highest BCUT2D eigenvalue weighted by Gasteiger charge is 2.22. The molecule has 1 unspecified atom stereocenters. The maximum atomic E-state index is 6.44. The Hall–Kier alpha value is -2.73. The van der Waals surface area contributed by atoms with Crippen molar-refractivity contribution < 1.29 is 9.47 Å². The fourth-order valence-corrected chi connectivity index (χ4v) is 2.89. The Kier molecular flexibility index (Phi) is 5.32. The molecule has 2 heterocycles. The van der Waals surface area contributed by atoms with Gasteiger partial charge < -0.3 is 19.4 Å². The minimum absolute atomic E-state index is 0.286. The number of aromatic nitrogens is 3. The van der Waals surface area contributed by atoms with Crippen LogP contribution in [0.5, 0.6) is 11.5 Å². The molecule has 1 atom stereocenters. The van der Waals surface area contributed by atoms with Gasteiger partial charge in [-0.25, -0.2) is 9.97 Å². The van der Waals surface area contributed by atoms with E-state index < -0.39 is 0 Å². The molecule has 0 spiro atoms. The maximum Gasteiger partial charge on any atom is 0.145 e. The molecule has 3 rings (SSSR count).